The second-order valence-electron chi connectivity index (χ2n) is 14.6. The quantitative estimate of drug-likeness (QED) is 0.551. The molecule has 212 valence electrons. The van der Waals surface area contributed by atoms with E-state index in [4.69, 9.17) is 9.47 Å². The van der Waals surface area contributed by atoms with E-state index in [1.165, 1.54) is 12.8 Å². The number of nitrogens with one attached hydrogen (secondary N) is 1. The Morgan fingerprint density at radius 1 is 1.05 bits per heavy atom. The lowest BCUT2D eigenvalue weighted by atomic mass is 9.43. The number of alkyl carbamates (subject to hydrolysis) is 1. The van der Waals surface area contributed by atoms with Gasteiger partial charge < -0.3 is 14.4 Å². The van der Waals surface area contributed by atoms with Crippen molar-refractivity contribution in [1.29, 1.82) is 0 Å². The predicted octanol–water partition coefficient (Wildman–Crippen LogP) is 4.82. The van der Waals surface area contributed by atoms with Gasteiger partial charge in [0, 0.05) is 42.9 Å². The van der Waals surface area contributed by atoms with Crippen LogP contribution >= 0.6 is 0 Å². The van der Waals surface area contributed by atoms with Crippen molar-refractivity contribution in [3.63, 3.8) is 0 Å². The summed E-state index contributed by atoms with van der Waals surface area (Å²) < 4.78 is 12.5. The highest BCUT2D eigenvalue weighted by atomic mass is 16.6. The Kier molecular flexibility index (Phi) is 6.54. The van der Waals surface area contributed by atoms with Gasteiger partial charge >= 0.3 is 6.09 Å². The molecule has 4 bridgehead atoms. The monoisotopic (exact) mass is 528 g/mol. The van der Waals surface area contributed by atoms with Crippen molar-refractivity contribution in [3.05, 3.63) is 0 Å². The normalized spacial score (nSPS) is 49.8. The SMILES string of the molecule is CO[C@@H]1CCC23CC[C@@H](C)[C@](C)(C12)[C@H](OC(=O)NC(=O)[C@H]1CN2CC[C@@H]1C2)C[C@@](C)(CC1CC1)C(=O)[C@@H]3C. The van der Waals surface area contributed by atoms with E-state index < -0.39 is 17.6 Å². The zero-order valence-corrected chi connectivity index (χ0v) is 24.1. The van der Waals surface area contributed by atoms with Crippen molar-refractivity contribution in [3.8, 4) is 0 Å². The topological polar surface area (TPSA) is 84.9 Å². The number of hydrogen-bond acceptors (Lipinski definition) is 6. The number of nitrogens with zero attached hydrogens (tertiary/aromatic N) is 1. The summed E-state index contributed by atoms with van der Waals surface area (Å²) in [5.74, 6) is 1.35. The number of hydrogen-bond donors (Lipinski definition) is 1. The Labute approximate surface area is 228 Å². The number of ether oxygens (including phenoxy) is 2. The van der Waals surface area contributed by atoms with Crippen LogP contribution in [0, 0.1) is 51.8 Å². The number of amides is 2. The third-order valence-electron chi connectivity index (χ3n) is 12.7. The van der Waals surface area contributed by atoms with Crippen LogP contribution in [-0.2, 0) is 19.1 Å². The number of ketones is 1. The van der Waals surface area contributed by atoms with Crippen molar-refractivity contribution >= 4 is 17.8 Å². The number of Topliss-reactive ketones (excluding diaryl/α,β-unsaturated/α-hetero) is 1. The number of fused-ring (bicyclic) bond motifs is 2. The molecule has 0 aromatic heterocycles. The second-order valence-corrected chi connectivity index (χ2v) is 14.6. The van der Waals surface area contributed by atoms with Crippen molar-refractivity contribution in [2.24, 2.45) is 51.8 Å². The largest absolute Gasteiger partial charge is 0.445 e. The summed E-state index contributed by atoms with van der Waals surface area (Å²) in [6.45, 7) is 11.7. The minimum absolute atomic E-state index is 0.0348. The summed E-state index contributed by atoms with van der Waals surface area (Å²) in [5, 5.41) is 2.64. The molecule has 4 aliphatic carbocycles. The highest BCUT2D eigenvalue weighted by Gasteiger charge is 2.69. The third kappa shape index (κ3) is 4.00. The lowest BCUT2D eigenvalue weighted by Crippen LogP contribution is -2.63. The zero-order chi connectivity index (χ0) is 27.0. The fraction of sp³-hybridized carbons (Fsp3) is 0.903. The third-order valence-corrected chi connectivity index (χ3v) is 12.7. The average molecular weight is 529 g/mol. The van der Waals surface area contributed by atoms with Crippen LogP contribution in [0.3, 0.4) is 0 Å². The lowest BCUT2D eigenvalue weighted by Gasteiger charge is -2.62. The molecule has 2 amide bonds. The van der Waals surface area contributed by atoms with Gasteiger partial charge in [-0.25, -0.2) is 4.79 Å². The summed E-state index contributed by atoms with van der Waals surface area (Å²) in [6.07, 6.45) is 7.72. The first-order valence-corrected chi connectivity index (χ1v) is 15.3. The highest BCUT2D eigenvalue weighted by Crippen LogP contribution is 2.69. The number of rotatable bonds is 5. The van der Waals surface area contributed by atoms with Crippen LogP contribution < -0.4 is 5.32 Å². The van der Waals surface area contributed by atoms with Crippen molar-refractivity contribution in [2.75, 3.05) is 26.7 Å². The summed E-state index contributed by atoms with van der Waals surface area (Å²) in [6, 6.07) is 0. The molecule has 2 saturated heterocycles. The Bertz CT molecular complexity index is 997. The van der Waals surface area contributed by atoms with Gasteiger partial charge in [-0.3, -0.25) is 14.9 Å². The Hall–Kier alpha value is -1.47. The molecule has 4 saturated carbocycles. The summed E-state index contributed by atoms with van der Waals surface area (Å²) in [5.41, 5.74) is -1.00. The maximum atomic E-state index is 14.4. The van der Waals surface area contributed by atoms with Crippen LogP contribution in [-0.4, -0.2) is 61.6 Å². The molecule has 0 radical (unpaired) electrons. The van der Waals surface area contributed by atoms with Gasteiger partial charge in [-0.2, -0.15) is 0 Å². The van der Waals surface area contributed by atoms with Crippen LogP contribution in [0.25, 0.3) is 0 Å². The lowest BCUT2D eigenvalue weighted by molar-refractivity contribution is -0.192. The van der Waals surface area contributed by atoms with Gasteiger partial charge in [-0.05, 0) is 74.7 Å². The van der Waals surface area contributed by atoms with E-state index in [0.29, 0.717) is 30.0 Å². The molecule has 6 fully saturated rings. The first-order chi connectivity index (χ1) is 18.0. The number of imide groups is 1. The minimum Gasteiger partial charge on any atom is -0.445 e. The van der Waals surface area contributed by atoms with Gasteiger partial charge in [0.25, 0.3) is 0 Å². The molecule has 11 atom stereocenters. The van der Waals surface area contributed by atoms with E-state index in [2.05, 4.69) is 37.9 Å². The molecule has 2 heterocycles. The smallest absolute Gasteiger partial charge is 0.414 e. The Morgan fingerprint density at radius 2 is 1.79 bits per heavy atom. The van der Waals surface area contributed by atoms with E-state index in [1.54, 1.807) is 7.11 Å². The fourth-order valence-electron chi connectivity index (χ4n) is 10.2. The highest BCUT2D eigenvalue weighted by molar-refractivity contribution is 5.93. The van der Waals surface area contributed by atoms with Gasteiger partial charge in [0.2, 0.25) is 5.91 Å². The standard InChI is InChI=1S/C31H48N2O5/c1-18-8-11-31-12-9-23(37-5)25(31)30(18,4)24(15-29(3,14-20-6-7-20)26(34)19(31)2)38-28(36)32-27(35)22-17-33-13-10-21(22)16-33/h18-25H,6-17H2,1-5H3,(H,32,35,36)/t18-,19+,21-,22+,23-,24-,25?,29-,30+,31?/m1/s1. The minimum atomic E-state index is -0.635. The van der Waals surface area contributed by atoms with Crippen LogP contribution in [0.1, 0.15) is 85.5 Å². The van der Waals surface area contributed by atoms with Crippen molar-refractivity contribution in [2.45, 2.75) is 97.7 Å². The van der Waals surface area contributed by atoms with Gasteiger partial charge in [0.1, 0.15) is 11.9 Å². The van der Waals surface area contributed by atoms with E-state index in [-0.39, 0.29) is 40.6 Å². The molecule has 6 rings (SSSR count). The molecule has 7 heteroatoms. The van der Waals surface area contributed by atoms with E-state index in [9.17, 15) is 14.4 Å². The fourth-order valence-corrected chi connectivity index (χ4v) is 10.2. The summed E-state index contributed by atoms with van der Waals surface area (Å²) in [4.78, 5) is 43.3. The molecular weight excluding hydrogens is 480 g/mol. The molecular formula is C31H48N2O5. The molecule has 0 aromatic carbocycles. The molecule has 2 aliphatic heterocycles. The molecule has 7 nitrogen and oxygen atoms in total. The van der Waals surface area contributed by atoms with Gasteiger partial charge in [-0.15, -0.1) is 0 Å². The maximum absolute atomic E-state index is 14.4. The first-order valence-electron chi connectivity index (χ1n) is 15.3. The van der Waals surface area contributed by atoms with Gasteiger partial charge in [-0.1, -0.05) is 40.5 Å². The molecule has 3 unspecified atom stereocenters. The van der Waals surface area contributed by atoms with Gasteiger partial charge in [0.05, 0.1) is 12.0 Å². The zero-order valence-electron chi connectivity index (χ0n) is 24.1. The molecule has 1 N–H and O–H groups in total. The number of carbonyl (C=O) groups is 3. The molecule has 6 aliphatic rings. The van der Waals surface area contributed by atoms with Crippen LogP contribution in [0.4, 0.5) is 4.79 Å². The van der Waals surface area contributed by atoms with E-state index in [1.807, 2.05) is 0 Å². The molecule has 0 aromatic rings. The number of methoxy groups -OCH3 is 1. The van der Waals surface area contributed by atoms with Crippen LogP contribution in [0.2, 0.25) is 0 Å². The summed E-state index contributed by atoms with van der Waals surface area (Å²) >= 11 is 0. The number of piperidine rings is 1. The second kappa shape index (κ2) is 9.29. The molecule has 38 heavy (non-hydrogen) atoms. The first kappa shape index (κ1) is 26.7. The number of carbonyl (C=O) groups excluding carboxylic acids is 3. The van der Waals surface area contributed by atoms with E-state index >= 15 is 0 Å². The van der Waals surface area contributed by atoms with E-state index in [0.717, 1.165) is 58.2 Å². The Balaban J connectivity index is 1.33. The average Bonchev–Trinajstić information content (AvgIpc) is 3.28. The predicted molar refractivity (Wildman–Crippen MR) is 143 cm³/mol. The van der Waals surface area contributed by atoms with Crippen molar-refractivity contribution < 1.29 is 23.9 Å². The van der Waals surface area contributed by atoms with Crippen LogP contribution in [0.15, 0.2) is 0 Å². The summed E-state index contributed by atoms with van der Waals surface area (Å²) in [7, 11) is 1.79. The maximum Gasteiger partial charge on any atom is 0.414 e. The van der Waals surface area contributed by atoms with Crippen molar-refractivity contribution in [1.82, 2.24) is 10.2 Å². The van der Waals surface area contributed by atoms with Crippen LogP contribution in [0.5, 0.6) is 0 Å². The van der Waals surface area contributed by atoms with Gasteiger partial charge in [0.15, 0.2) is 0 Å². The molecule has 0 spiro atoms. The Morgan fingerprint density at radius 3 is 2.42 bits per heavy atom.